The van der Waals surface area contributed by atoms with E-state index in [1.807, 2.05) is 0 Å². The highest BCUT2D eigenvalue weighted by Crippen LogP contribution is 2.33. The lowest BCUT2D eigenvalue weighted by Gasteiger charge is -2.37. The Morgan fingerprint density at radius 3 is 1.85 bits per heavy atom. The maximum absolute atomic E-state index is 10.6. The van der Waals surface area contributed by atoms with E-state index >= 15 is 0 Å². The van der Waals surface area contributed by atoms with Gasteiger partial charge in [-0.1, -0.05) is 39.0 Å². The minimum Gasteiger partial charge on any atom is -0.389 e. The van der Waals surface area contributed by atoms with Gasteiger partial charge in [-0.15, -0.1) is 0 Å². The number of aliphatic hydroxyl groups is 2. The standard InChI is InChI=1S/C17H33NO2/c1-2-15-7-11-17(20,12-8-15)14-18-13-16(19)9-5-3-4-6-10-16/h15,18-20H,2-14H2,1H3. The average Bonchev–Trinajstić information content (AvgIpc) is 2.65. The van der Waals surface area contributed by atoms with Crippen LogP contribution in [0, 0.1) is 5.92 Å². The number of hydrogen-bond acceptors (Lipinski definition) is 3. The van der Waals surface area contributed by atoms with Gasteiger partial charge in [0.1, 0.15) is 0 Å². The van der Waals surface area contributed by atoms with Crippen LogP contribution in [-0.4, -0.2) is 34.5 Å². The summed E-state index contributed by atoms with van der Waals surface area (Å²) in [5.41, 5.74) is -1.07. The SMILES string of the molecule is CCC1CCC(O)(CNCC2(O)CCCCCC2)CC1. The zero-order chi connectivity index (χ0) is 14.5. The molecule has 0 heterocycles. The normalized spacial score (nSPS) is 34.6. The molecule has 0 spiro atoms. The zero-order valence-corrected chi connectivity index (χ0v) is 13.2. The minimum atomic E-state index is -0.535. The Balaban J connectivity index is 1.72. The number of hydrogen-bond donors (Lipinski definition) is 3. The first-order valence-electron chi connectivity index (χ1n) is 8.71. The Bertz CT molecular complexity index is 277. The van der Waals surface area contributed by atoms with Crippen LogP contribution in [0.15, 0.2) is 0 Å². The van der Waals surface area contributed by atoms with Crippen LogP contribution in [-0.2, 0) is 0 Å². The summed E-state index contributed by atoms with van der Waals surface area (Å²) in [6.45, 7) is 3.53. The van der Waals surface area contributed by atoms with Crippen LogP contribution in [0.2, 0.25) is 0 Å². The molecule has 0 aliphatic heterocycles. The third kappa shape index (κ3) is 4.71. The molecule has 0 bridgehead atoms. The van der Waals surface area contributed by atoms with Crippen LogP contribution in [0.1, 0.15) is 77.6 Å². The Kier molecular flexibility index (Phi) is 5.88. The van der Waals surface area contributed by atoms with Crippen molar-refractivity contribution in [2.45, 2.75) is 88.8 Å². The molecule has 3 N–H and O–H groups in total. The molecule has 2 aliphatic rings. The molecule has 0 unspecified atom stereocenters. The van der Waals surface area contributed by atoms with Gasteiger partial charge in [0.25, 0.3) is 0 Å². The highest BCUT2D eigenvalue weighted by Gasteiger charge is 2.34. The molecule has 3 heteroatoms. The van der Waals surface area contributed by atoms with Crippen molar-refractivity contribution in [3.05, 3.63) is 0 Å². The van der Waals surface area contributed by atoms with E-state index in [2.05, 4.69) is 12.2 Å². The van der Waals surface area contributed by atoms with Gasteiger partial charge in [-0.25, -0.2) is 0 Å². The summed E-state index contributed by atoms with van der Waals surface area (Å²) in [7, 11) is 0. The largest absolute Gasteiger partial charge is 0.389 e. The second-order valence-corrected chi connectivity index (χ2v) is 7.32. The van der Waals surface area contributed by atoms with Crippen LogP contribution in [0.5, 0.6) is 0 Å². The van der Waals surface area contributed by atoms with Crippen molar-refractivity contribution in [2.75, 3.05) is 13.1 Å². The van der Waals surface area contributed by atoms with Crippen molar-refractivity contribution in [3.8, 4) is 0 Å². The summed E-state index contributed by atoms with van der Waals surface area (Å²) >= 11 is 0. The molecule has 2 saturated carbocycles. The first-order chi connectivity index (χ1) is 9.55. The van der Waals surface area contributed by atoms with Crippen LogP contribution in [0.3, 0.4) is 0 Å². The Morgan fingerprint density at radius 1 is 0.850 bits per heavy atom. The summed E-state index contributed by atoms with van der Waals surface area (Å²) in [4.78, 5) is 0. The summed E-state index contributed by atoms with van der Waals surface area (Å²) in [6, 6.07) is 0. The van der Waals surface area contributed by atoms with E-state index in [1.54, 1.807) is 0 Å². The maximum Gasteiger partial charge on any atom is 0.0771 e. The van der Waals surface area contributed by atoms with Gasteiger partial charge >= 0.3 is 0 Å². The van der Waals surface area contributed by atoms with Crippen LogP contribution in [0.4, 0.5) is 0 Å². The lowest BCUT2D eigenvalue weighted by Crippen LogP contribution is -2.48. The van der Waals surface area contributed by atoms with E-state index in [9.17, 15) is 10.2 Å². The molecule has 0 amide bonds. The third-order valence-electron chi connectivity index (χ3n) is 5.56. The van der Waals surface area contributed by atoms with Crippen LogP contribution in [0.25, 0.3) is 0 Å². The van der Waals surface area contributed by atoms with Gasteiger partial charge in [-0.05, 0) is 44.4 Å². The minimum absolute atomic E-state index is 0.534. The van der Waals surface area contributed by atoms with E-state index in [-0.39, 0.29) is 0 Å². The predicted molar refractivity (Wildman–Crippen MR) is 82.7 cm³/mol. The van der Waals surface area contributed by atoms with Crippen molar-refractivity contribution < 1.29 is 10.2 Å². The second kappa shape index (κ2) is 7.24. The zero-order valence-electron chi connectivity index (χ0n) is 13.2. The molecular formula is C17H33NO2. The smallest absolute Gasteiger partial charge is 0.0771 e. The lowest BCUT2D eigenvalue weighted by atomic mass is 9.78. The number of nitrogens with one attached hydrogen (secondary N) is 1. The van der Waals surface area contributed by atoms with E-state index in [0.29, 0.717) is 13.1 Å². The van der Waals surface area contributed by atoms with Crippen LogP contribution < -0.4 is 5.32 Å². The summed E-state index contributed by atoms with van der Waals surface area (Å²) in [5, 5.41) is 24.6. The molecule has 0 aromatic heterocycles. The van der Waals surface area contributed by atoms with Crippen molar-refractivity contribution in [3.63, 3.8) is 0 Å². The van der Waals surface area contributed by atoms with E-state index in [0.717, 1.165) is 57.3 Å². The summed E-state index contributed by atoms with van der Waals surface area (Å²) in [5.74, 6) is 0.807. The van der Waals surface area contributed by atoms with Crippen molar-refractivity contribution in [1.29, 1.82) is 0 Å². The van der Waals surface area contributed by atoms with Crippen molar-refractivity contribution in [1.82, 2.24) is 5.32 Å². The van der Waals surface area contributed by atoms with Gasteiger partial charge in [0.05, 0.1) is 11.2 Å². The molecule has 20 heavy (non-hydrogen) atoms. The summed E-state index contributed by atoms with van der Waals surface area (Å²) < 4.78 is 0. The predicted octanol–water partition coefficient (Wildman–Crippen LogP) is 2.99. The van der Waals surface area contributed by atoms with Gasteiger partial charge in [0, 0.05) is 13.1 Å². The number of rotatable bonds is 5. The second-order valence-electron chi connectivity index (χ2n) is 7.32. The van der Waals surface area contributed by atoms with Gasteiger partial charge in [0.2, 0.25) is 0 Å². The molecule has 0 saturated heterocycles. The molecule has 2 rings (SSSR count). The van der Waals surface area contributed by atoms with Crippen molar-refractivity contribution in [2.24, 2.45) is 5.92 Å². The fourth-order valence-electron chi connectivity index (χ4n) is 3.89. The van der Waals surface area contributed by atoms with E-state index in [4.69, 9.17) is 0 Å². The monoisotopic (exact) mass is 283 g/mol. The van der Waals surface area contributed by atoms with Crippen LogP contribution >= 0.6 is 0 Å². The quantitative estimate of drug-likeness (QED) is 0.680. The highest BCUT2D eigenvalue weighted by atomic mass is 16.3. The van der Waals surface area contributed by atoms with Gasteiger partial charge in [-0.2, -0.15) is 0 Å². The molecule has 2 fully saturated rings. The molecule has 0 atom stereocenters. The molecule has 2 aliphatic carbocycles. The molecule has 0 radical (unpaired) electrons. The Morgan fingerprint density at radius 2 is 1.35 bits per heavy atom. The fourth-order valence-corrected chi connectivity index (χ4v) is 3.89. The Hall–Kier alpha value is -0.120. The highest BCUT2D eigenvalue weighted by molar-refractivity contribution is 4.89. The third-order valence-corrected chi connectivity index (χ3v) is 5.56. The molecule has 0 aromatic carbocycles. The summed E-state index contributed by atoms with van der Waals surface area (Å²) in [6.07, 6.45) is 12.0. The first kappa shape index (κ1) is 16.3. The molecule has 118 valence electrons. The van der Waals surface area contributed by atoms with Gasteiger partial charge < -0.3 is 15.5 Å². The molecule has 0 aromatic rings. The molecular weight excluding hydrogens is 250 g/mol. The maximum atomic E-state index is 10.6. The van der Waals surface area contributed by atoms with Crippen molar-refractivity contribution >= 4 is 0 Å². The van der Waals surface area contributed by atoms with E-state index in [1.165, 1.54) is 19.3 Å². The first-order valence-corrected chi connectivity index (χ1v) is 8.71. The van der Waals surface area contributed by atoms with Gasteiger partial charge in [0.15, 0.2) is 0 Å². The Labute approximate surface area is 124 Å². The van der Waals surface area contributed by atoms with Gasteiger partial charge in [-0.3, -0.25) is 0 Å². The molecule has 3 nitrogen and oxygen atoms in total. The van der Waals surface area contributed by atoms with E-state index < -0.39 is 11.2 Å². The lowest BCUT2D eigenvalue weighted by molar-refractivity contribution is -0.0200. The average molecular weight is 283 g/mol. The topological polar surface area (TPSA) is 52.5 Å². The fraction of sp³-hybridized carbons (Fsp3) is 1.00.